The van der Waals surface area contributed by atoms with Crippen molar-refractivity contribution in [1.29, 1.82) is 0 Å². The topological polar surface area (TPSA) is 67.4 Å². The van der Waals surface area contributed by atoms with Crippen LogP contribution in [0.3, 0.4) is 0 Å². The monoisotopic (exact) mass is 294 g/mol. The van der Waals surface area contributed by atoms with Crippen molar-refractivity contribution < 1.29 is 14.3 Å². The van der Waals surface area contributed by atoms with Crippen molar-refractivity contribution in [1.82, 2.24) is 5.32 Å². The third kappa shape index (κ3) is 3.66. The average Bonchev–Trinajstić information content (AvgIpc) is 2.41. The number of benzene rings is 1. The normalized spacial score (nSPS) is 17.1. The van der Waals surface area contributed by atoms with E-state index in [4.69, 9.17) is 4.74 Å². The van der Waals surface area contributed by atoms with Crippen LogP contribution >= 0.6 is 11.8 Å². The van der Waals surface area contributed by atoms with Gasteiger partial charge in [-0.3, -0.25) is 4.79 Å². The minimum absolute atomic E-state index is 0.0318. The van der Waals surface area contributed by atoms with Crippen molar-refractivity contribution in [2.45, 2.75) is 30.4 Å². The second kappa shape index (κ2) is 6.65. The number of thioether (sulfide) groups is 1. The van der Waals surface area contributed by atoms with E-state index in [2.05, 4.69) is 10.6 Å². The zero-order valence-electron chi connectivity index (χ0n) is 11.6. The van der Waals surface area contributed by atoms with E-state index in [1.165, 1.54) is 0 Å². The van der Waals surface area contributed by atoms with Crippen molar-refractivity contribution in [2.75, 3.05) is 18.5 Å². The Labute approximate surface area is 122 Å². The molecule has 0 aromatic heterocycles. The lowest BCUT2D eigenvalue weighted by Gasteiger charge is -2.21. The molecule has 1 aliphatic rings. The largest absolute Gasteiger partial charge is 0.450 e. The molecular formula is C14H18N2O3S. The van der Waals surface area contributed by atoms with Crippen LogP contribution < -0.4 is 10.6 Å². The van der Waals surface area contributed by atoms with Gasteiger partial charge in [0, 0.05) is 11.4 Å². The fourth-order valence-electron chi connectivity index (χ4n) is 1.90. The Morgan fingerprint density at radius 1 is 1.50 bits per heavy atom. The fourth-order valence-corrected chi connectivity index (χ4v) is 2.83. The molecule has 5 nitrogen and oxygen atoms in total. The SMILES string of the molecule is CCOC(=O)NCCc1ccc2c(c1)NC(=O)C(C)S2. The van der Waals surface area contributed by atoms with Crippen molar-refractivity contribution in [2.24, 2.45) is 0 Å². The summed E-state index contributed by atoms with van der Waals surface area (Å²) >= 11 is 1.56. The number of alkyl carbamates (subject to hydrolysis) is 1. The van der Waals surface area contributed by atoms with E-state index in [-0.39, 0.29) is 11.2 Å². The summed E-state index contributed by atoms with van der Waals surface area (Å²) in [7, 11) is 0. The van der Waals surface area contributed by atoms with Crippen LogP contribution in [-0.4, -0.2) is 30.4 Å². The number of ether oxygens (including phenoxy) is 1. The molecule has 2 N–H and O–H groups in total. The summed E-state index contributed by atoms with van der Waals surface area (Å²) in [5.41, 5.74) is 1.92. The minimum Gasteiger partial charge on any atom is -0.450 e. The van der Waals surface area contributed by atoms with Gasteiger partial charge in [0.05, 0.1) is 17.5 Å². The van der Waals surface area contributed by atoms with Gasteiger partial charge in [-0.05, 0) is 38.0 Å². The summed E-state index contributed by atoms with van der Waals surface area (Å²) in [6.45, 7) is 4.53. The maximum absolute atomic E-state index is 11.6. The molecule has 1 heterocycles. The number of carbonyl (C=O) groups excluding carboxylic acids is 2. The highest BCUT2D eigenvalue weighted by Crippen LogP contribution is 2.35. The van der Waals surface area contributed by atoms with Crippen molar-refractivity contribution >= 4 is 29.4 Å². The molecule has 0 aliphatic carbocycles. The maximum Gasteiger partial charge on any atom is 0.407 e. The highest BCUT2D eigenvalue weighted by Gasteiger charge is 2.22. The summed E-state index contributed by atoms with van der Waals surface area (Å²) in [5.74, 6) is 0.0318. The third-order valence-corrected chi connectivity index (χ3v) is 4.11. The summed E-state index contributed by atoms with van der Waals surface area (Å²) in [4.78, 5) is 23.9. The summed E-state index contributed by atoms with van der Waals surface area (Å²) < 4.78 is 4.79. The zero-order chi connectivity index (χ0) is 14.5. The number of amides is 2. The molecule has 0 saturated heterocycles. The summed E-state index contributed by atoms with van der Waals surface area (Å²) in [6.07, 6.45) is 0.297. The molecule has 1 atom stereocenters. The minimum atomic E-state index is -0.400. The standard InChI is InChI=1S/C14H18N2O3S/c1-3-19-14(18)15-7-6-10-4-5-12-11(8-10)16-13(17)9(2)20-12/h4-5,8-9H,3,6-7H2,1-2H3,(H,15,18)(H,16,17). The summed E-state index contributed by atoms with van der Waals surface area (Å²) in [5, 5.41) is 5.52. The van der Waals surface area contributed by atoms with E-state index in [0.717, 1.165) is 16.1 Å². The third-order valence-electron chi connectivity index (χ3n) is 2.93. The van der Waals surface area contributed by atoms with Gasteiger partial charge in [0.1, 0.15) is 0 Å². The first-order valence-electron chi connectivity index (χ1n) is 6.61. The van der Waals surface area contributed by atoms with Gasteiger partial charge in [0.15, 0.2) is 0 Å². The quantitative estimate of drug-likeness (QED) is 0.895. The Balaban J connectivity index is 1.93. The Morgan fingerprint density at radius 2 is 2.30 bits per heavy atom. The fraction of sp³-hybridized carbons (Fsp3) is 0.429. The number of fused-ring (bicyclic) bond motifs is 1. The van der Waals surface area contributed by atoms with Crippen LogP contribution in [0.2, 0.25) is 0 Å². The second-order valence-corrected chi connectivity index (χ2v) is 5.86. The second-order valence-electron chi connectivity index (χ2n) is 4.48. The predicted molar refractivity (Wildman–Crippen MR) is 79.1 cm³/mol. The molecular weight excluding hydrogens is 276 g/mol. The number of hydrogen-bond donors (Lipinski definition) is 2. The number of anilines is 1. The molecule has 1 aliphatic heterocycles. The van der Waals surface area contributed by atoms with E-state index in [1.807, 2.05) is 25.1 Å². The Kier molecular flexibility index (Phi) is 4.89. The van der Waals surface area contributed by atoms with Gasteiger partial charge < -0.3 is 15.4 Å². The first-order valence-corrected chi connectivity index (χ1v) is 7.49. The van der Waals surface area contributed by atoms with Crippen LogP contribution in [0.15, 0.2) is 23.1 Å². The molecule has 0 saturated carbocycles. The van der Waals surface area contributed by atoms with Crippen LogP contribution in [0.25, 0.3) is 0 Å². The van der Waals surface area contributed by atoms with Gasteiger partial charge in [-0.1, -0.05) is 6.07 Å². The number of carbonyl (C=O) groups is 2. The molecule has 1 aromatic rings. The molecule has 0 fully saturated rings. The lowest BCUT2D eigenvalue weighted by Crippen LogP contribution is -2.27. The molecule has 0 radical (unpaired) electrons. The van der Waals surface area contributed by atoms with Crippen molar-refractivity contribution in [3.8, 4) is 0 Å². The number of hydrogen-bond acceptors (Lipinski definition) is 4. The highest BCUT2D eigenvalue weighted by molar-refractivity contribution is 8.00. The van der Waals surface area contributed by atoms with Gasteiger partial charge in [-0.15, -0.1) is 11.8 Å². The lowest BCUT2D eigenvalue weighted by molar-refractivity contribution is -0.115. The Morgan fingerprint density at radius 3 is 3.05 bits per heavy atom. The van der Waals surface area contributed by atoms with Crippen LogP contribution in [0.4, 0.5) is 10.5 Å². The zero-order valence-corrected chi connectivity index (χ0v) is 12.4. The molecule has 0 bridgehead atoms. The van der Waals surface area contributed by atoms with E-state index >= 15 is 0 Å². The maximum atomic E-state index is 11.6. The molecule has 1 aromatic carbocycles. The van der Waals surface area contributed by atoms with Gasteiger partial charge in [-0.2, -0.15) is 0 Å². The van der Waals surface area contributed by atoms with E-state index in [1.54, 1.807) is 18.7 Å². The molecule has 6 heteroatoms. The van der Waals surface area contributed by atoms with E-state index < -0.39 is 6.09 Å². The molecule has 1 unspecified atom stereocenters. The van der Waals surface area contributed by atoms with Crippen LogP contribution in [-0.2, 0) is 16.0 Å². The van der Waals surface area contributed by atoms with Crippen LogP contribution in [0, 0.1) is 0 Å². The molecule has 108 valence electrons. The van der Waals surface area contributed by atoms with Crippen LogP contribution in [0.5, 0.6) is 0 Å². The highest BCUT2D eigenvalue weighted by atomic mass is 32.2. The van der Waals surface area contributed by atoms with Crippen molar-refractivity contribution in [3.63, 3.8) is 0 Å². The van der Waals surface area contributed by atoms with Gasteiger partial charge in [0.25, 0.3) is 0 Å². The van der Waals surface area contributed by atoms with Gasteiger partial charge in [0.2, 0.25) is 5.91 Å². The lowest BCUT2D eigenvalue weighted by atomic mass is 10.1. The molecule has 2 amide bonds. The number of nitrogens with one attached hydrogen (secondary N) is 2. The van der Waals surface area contributed by atoms with Gasteiger partial charge >= 0.3 is 6.09 Å². The van der Waals surface area contributed by atoms with Crippen molar-refractivity contribution in [3.05, 3.63) is 23.8 Å². The van der Waals surface area contributed by atoms with E-state index in [0.29, 0.717) is 19.6 Å². The average molecular weight is 294 g/mol. The Bertz CT molecular complexity index is 519. The van der Waals surface area contributed by atoms with Gasteiger partial charge in [-0.25, -0.2) is 4.79 Å². The molecule has 20 heavy (non-hydrogen) atoms. The smallest absolute Gasteiger partial charge is 0.407 e. The predicted octanol–water partition coefficient (Wildman–Crippen LogP) is 2.41. The van der Waals surface area contributed by atoms with Crippen LogP contribution in [0.1, 0.15) is 19.4 Å². The first kappa shape index (κ1) is 14.7. The summed E-state index contributed by atoms with van der Waals surface area (Å²) in [6, 6.07) is 5.98. The Hall–Kier alpha value is -1.69. The van der Waals surface area contributed by atoms with E-state index in [9.17, 15) is 9.59 Å². The molecule has 0 spiro atoms. The first-order chi connectivity index (χ1) is 9.60. The molecule has 2 rings (SSSR count). The number of rotatable bonds is 4.